The molecular weight excluding hydrogens is 276 g/mol. The maximum Gasteiger partial charge on any atom is 0.192 e. The minimum atomic E-state index is -1.67. The largest absolute Gasteiger partial charge is 0.411 e. The Hall–Kier alpha value is -0.306. The summed E-state index contributed by atoms with van der Waals surface area (Å²) < 4.78 is 6.51. The van der Waals surface area contributed by atoms with Gasteiger partial charge in [0.25, 0.3) is 0 Å². The lowest BCUT2D eigenvalue weighted by atomic mass is 9.98. The Labute approximate surface area is 128 Å². The summed E-state index contributed by atoms with van der Waals surface area (Å²) in [5.74, 6) is 3.42. The highest BCUT2D eigenvalue weighted by molar-refractivity contribution is 6.83. The molecule has 0 saturated carbocycles. The first-order chi connectivity index (χ1) is 8.91. The molecule has 0 amide bonds. The highest BCUT2D eigenvalue weighted by Crippen LogP contribution is 2.38. The molecule has 0 radical (unpaired) electrons. The molecule has 1 nitrogen and oxygen atoms in total. The second kappa shape index (κ2) is 6.21. The van der Waals surface area contributed by atoms with Gasteiger partial charge in [-0.1, -0.05) is 46.3 Å². The molecule has 0 bridgehead atoms. The summed E-state index contributed by atoms with van der Waals surface area (Å²) >= 11 is 0. The van der Waals surface area contributed by atoms with Gasteiger partial charge in [0, 0.05) is 0 Å². The Morgan fingerprint density at radius 2 is 1.75 bits per heavy atom. The van der Waals surface area contributed by atoms with Gasteiger partial charge < -0.3 is 4.43 Å². The average molecular weight is 309 g/mol. The van der Waals surface area contributed by atoms with E-state index in [0.29, 0.717) is 0 Å². The molecule has 3 heteroatoms. The fourth-order valence-corrected chi connectivity index (χ4v) is 3.74. The van der Waals surface area contributed by atoms with Gasteiger partial charge in [-0.3, -0.25) is 0 Å². The SMILES string of the molecule is CC(C)(C)[Si](C)(C)OC1C=C(C#C[Si](C)(C)C)CCC1. The Morgan fingerprint density at radius 3 is 2.25 bits per heavy atom. The summed E-state index contributed by atoms with van der Waals surface area (Å²) in [6.07, 6.45) is 6.10. The summed E-state index contributed by atoms with van der Waals surface area (Å²) in [6.45, 7) is 18.5. The quantitative estimate of drug-likeness (QED) is 0.492. The van der Waals surface area contributed by atoms with Gasteiger partial charge in [-0.15, -0.1) is 5.54 Å². The number of hydrogen-bond donors (Lipinski definition) is 0. The van der Waals surface area contributed by atoms with E-state index in [2.05, 4.69) is 71.0 Å². The zero-order chi connectivity index (χ0) is 15.6. The van der Waals surface area contributed by atoms with Gasteiger partial charge in [0.15, 0.2) is 8.32 Å². The smallest absolute Gasteiger partial charge is 0.192 e. The maximum absolute atomic E-state index is 6.51. The van der Waals surface area contributed by atoms with Crippen LogP contribution in [0.3, 0.4) is 0 Å². The lowest BCUT2D eigenvalue weighted by molar-refractivity contribution is 0.206. The van der Waals surface area contributed by atoms with Gasteiger partial charge in [0.2, 0.25) is 0 Å². The molecule has 0 fully saturated rings. The van der Waals surface area contributed by atoms with E-state index in [1.807, 2.05) is 0 Å². The molecule has 0 saturated heterocycles. The Bertz CT molecular complexity index is 425. The Balaban J connectivity index is 2.80. The number of allylic oxidation sites excluding steroid dienone is 1. The minimum absolute atomic E-state index is 0.280. The Kier molecular flexibility index (Phi) is 5.51. The van der Waals surface area contributed by atoms with Gasteiger partial charge in [-0.2, -0.15) is 0 Å². The van der Waals surface area contributed by atoms with Crippen LogP contribution in [-0.4, -0.2) is 22.5 Å². The van der Waals surface area contributed by atoms with E-state index in [9.17, 15) is 0 Å². The minimum Gasteiger partial charge on any atom is -0.411 e. The van der Waals surface area contributed by atoms with Crippen molar-refractivity contribution in [2.75, 3.05) is 0 Å². The molecule has 0 aliphatic heterocycles. The van der Waals surface area contributed by atoms with E-state index in [1.54, 1.807) is 0 Å². The molecule has 1 atom stereocenters. The zero-order valence-corrected chi connectivity index (χ0v) is 16.7. The van der Waals surface area contributed by atoms with Gasteiger partial charge in [-0.05, 0) is 49.0 Å². The molecule has 0 N–H and O–H groups in total. The number of hydrogen-bond acceptors (Lipinski definition) is 1. The molecule has 0 aromatic carbocycles. The standard InChI is InChI=1S/C17H32OSi2/c1-17(2,3)20(7,8)18-16-11-9-10-15(14-16)12-13-19(4,5)6/h14,16H,9-11H2,1-8H3. The molecule has 1 unspecified atom stereocenters. The fourth-order valence-electron chi connectivity index (χ4n) is 1.90. The van der Waals surface area contributed by atoms with Gasteiger partial charge in [-0.25, -0.2) is 0 Å². The van der Waals surface area contributed by atoms with E-state index in [0.717, 1.165) is 12.8 Å². The van der Waals surface area contributed by atoms with E-state index >= 15 is 0 Å². The van der Waals surface area contributed by atoms with Crippen LogP contribution in [0.5, 0.6) is 0 Å². The van der Waals surface area contributed by atoms with Crippen LogP contribution in [0.1, 0.15) is 40.0 Å². The lowest BCUT2D eigenvalue weighted by Gasteiger charge is -2.39. The van der Waals surface area contributed by atoms with Gasteiger partial charge in [0.1, 0.15) is 8.07 Å². The topological polar surface area (TPSA) is 9.23 Å². The van der Waals surface area contributed by atoms with Crippen molar-refractivity contribution in [3.05, 3.63) is 11.6 Å². The third-order valence-corrected chi connectivity index (χ3v) is 9.55. The molecule has 0 aromatic heterocycles. The molecule has 1 rings (SSSR count). The first-order valence-corrected chi connectivity index (χ1v) is 14.2. The average Bonchev–Trinajstić information content (AvgIpc) is 2.24. The van der Waals surface area contributed by atoms with Crippen LogP contribution in [0.25, 0.3) is 0 Å². The molecule has 1 aliphatic carbocycles. The summed E-state index contributed by atoms with van der Waals surface area (Å²) in [6, 6.07) is 0. The van der Waals surface area contributed by atoms with E-state index < -0.39 is 16.4 Å². The summed E-state index contributed by atoms with van der Waals surface area (Å²) in [5, 5.41) is 0.280. The van der Waals surface area contributed by atoms with E-state index in [1.165, 1.54) is 12.0 Å². The second-order valence-corrected chi connectivity index (χ2v) is 18.0. The highest BCUT2D eigenvalue weighted by Gasteiger charge is 2.39. The lowest BCUT2D eigenvalue weighted by Crippen LogP contribution is -2.43. The predicted molar refractivity (Wildman–Crippen MR) is 95.1 cm³/mol. The van der Waals surface area contributed by atoms with Gasteiger partial charge >= 0.3 is 0 Å². The monoisotopic (exact) mass is 308 g/mol. The van der Waals surface area contributed by atoms with Crippen LogP contribution < -0.4 is 0 Å². The summed E-state index contributed by atoms with van der Waals surface area (Å²) in [7, 11) is -2.94. The van der Waals surface area contributed by atoms with Crippen molar-refractivity contribution >= 4 is 16.4 Å². The van der Waals surface area contributed by atoms with Crippen molar-refractivity contribution in [2.24, 2.45) is 0 Å². The normalized spacial score (nSPS) is 21.0. The number of rotatable bonds is 2. The third-order valence-electron chi connectivity index (χ3n) is 4.17. The van der Waals surface area contributed by atoms with Crippen molar-refractivity contribution in [1.82, 2.24) is 0 Å². The van der Waals surface area contributed by atoms with Crippen LogP contribution >= 0.6 is 0 Å². The molecule has 0 aromatic rings. The van der Waals surface area contributed by atoms with Crippen molar-refractivity contribution in [1.29, 1.82) is 0 Å². The molecular formula is C17H32OSi2. The van der Waals surface area contributed by atoms with Crippen LogP contribution in [0.2, 0.25) is 37.8 Å². The molecule has 114 valence electrons. The van der Waals surface area contributed by atoms with Crippen LogP contribution in [0, 0.1) is 11.5 Å². The van der Waals surface area contributed by atoms with Crippen molar-refractivity contribution in [3.63, 3.8) is 0 Å². The first kappa shape index (κ1) is 17.7. The van der Waals surface area contributed by atoms with Crippen molar-refractivity contribution in [2.45, 2.75) is 83.9 Å². The van der Waals surface area contributed by atoms with E-state index in [4.69, 9.17) is 4.43 Å². The molecule has 1 aliphatic rings. The molecule has 0 spiro atoms. The van der Waals surface area contributed by atoms with Crippen molar-refractivity contribution < 1.29 is 4.43 Å². The van der Waals surface area contributed by atoms with Crippen LogP contribution in [0.4, 0.5) is 0 Å². The fraction of sp³-hybridized carbons (Fsp3) is 0.765. The molecule has 0 heterocycles. The van der Waals surface area contributed by atoms with Crippen LogP contribution in [0.15, 0.2) is 11.6 Å². The van der Waals surface area contributed by atoms with Crippen LogP contribution in [-0.2, 0) is 4.43 Å². The van der Waals surface area contributed by atoms with E-state index in [-0.39, 0.29) is 11.1 Å². The summed E-state index contributed by atoms with van der Waals surface area (Å²) in [4.78, 5) is 0. The Morgan fingerprint density at radius 1 is 1.15 bits per heavy atom. The summed E-state index contributed by atoms with van der Waals surface area (Å²) in [5.41, 5.74) is 4.79. The highest BCUT2D eigenvalue weighted by atomic mass is 28.4. The van der Waals surface area contributed by atoms with Crippen molar-refractivity contribution in [3.8, 4) is 11.5 Å². The molecule has 20 heavy (non-hydrogen) atoms. The second-order valence-electron chi connectivity index (χ2n) is 8.50. The zero-order valence-electron chi connectivity index (χ0n) is 14.7. The maximum atomic E-state index is 6.51. The third kappa shape index (κ3) is 5.59. The first-order valence-electron chi connectivity index (χ1n) is 7.82. The predicted octanol–water partition coefficient (Wildman–Crippen LogP) is 5.37. The van der Waals surface area contributed by atoms with Gasteiger partial charge in [0.05, 0.1) is 6.10 Å².